The van der Waals surface area contributed by atoms with Gasteiger partial charge >= 0.3 is 0 Å². The van der Waals surface area contributed by atoms with Crippen molar-refractivity contribution in [3.63, 3.8) is 0 Å². The summed E-state index contributed by atoms with van der Waals surface area (Å²) in [6.07, 6.45) is 4.70. The van der Waals surface area contributed by atoms with E-state index in [9.17, 15) is 0 Å². The van der Waals surface area contributed by atoms with Crippen LogP contribution in [0.5, 0.6) is 0 Å². The molecule has 2 nitrogen and oxygen atoms in total. The third kappa shape index (κ3) is 5.89. The van der Waals surface area contributed by atoms with Crippen molar-refractivity contribution in [3.05, 3.63) is 72.8 Å². The van der Waals surface area contributed by atoms with Crippen LogP contribution < -0.4 is 9.13 Å². The number of hydrogen-bond donors (Lipinski definition) is 0. The van der Waals surface area contributed by atoms with Gasteiger partial charge in [0, 0.05) is 24.5 Å². The fraction of sp³-hybridized carbons (Fsp3) is 0.364. The molecule has 0 bridgehead atoms. The van der Waals surface area contributed by atoms with E-state index in [0.29, 0.717) is 0 Å². The van der Waals surface area contributed by atoms with E-state index in [2.05, 4.69) is 121 Å². The van der Waals surface area contributed by atoms with Gasteiger partial charge in [-0.1, -0.05) is 87.8 Å². The van der Waals surface area contributed by atoms with Gasteiger partial charge in [-0.15, -0.1) is 0 Å². The van der Waals surface area contributed by atoms with Crippen LogP contribution in [0.25, 0.3) is 0 Å². The summed E-state index contributed by atoms with van der Waals surface area (Å²) in [5.41, 5.74) is 2.67. The maximum atomic E-state index is 2.59. The lowest BCUT2D eigenvalue weighted by atomic mass is 10.3. The highest BCUT2D eigenvalue weighted by atomic mass is 28.3. The molecule has 0 radical (unpaired) electrons. The minimum atomic E-state index is -1.43. The monoisotopic (exact) mass is 382 g/mol. The minimum Gasteiger partial charge on any atom is -0.395 e. The summed E-state index contributed by atoms with van der Waals surface area (Å²) < 4.78 is 5.18. The van der Waals surface area contributed by atoms with E-state index in [1.165, 1.54) is 11.4 Å². The molecule has 4 heteroatoms. The third-order valence-corrected chi connectivity index (χ3v) is 8.62. The van der Waals surface area contributed by atoms with Crippen molar-refractivity contribution in [3.8, 4) is 0 Å². The van der Waals surface area contributed by atoms with Gasteiger partial charge in [0.2, 0.25) is 0 Å². The zero-order valence-corrected chi connectivity index (χ0v) is 19.2. The molecule has 0 amide bonds. The van der Waals surface area contributed by atoms with Gasteiger partial charge in [0.15, 0.2) is 0 Å². The fourth-order valence-electron chi connectivity index (χ4n) is 3.11. The van der Waals surface area contributed by atoms with Gasteiger partial charge < -0.3 is 9.13 Å². The molecule has 2 rings (SSSR count). The molecular weight excluding hydrogens is 348 g/mol. The molecule has 0 spiro atoms. The Morgan fingerprint density at radius 3 is 1.15 bits per heavy atom. The van der Waals surface area contributed by atoms with Crippen LogP contribution in [0, 0.1) is 0 Å². The SMILES string of the molecule is C[Si](C)(C)N(CC=CCN(c1ccccc1)[Si](C)(C)C)c1ccccc1. The molecule has 0 aliphatic carbocycles. The molecule has 0 N–H and O–H groups in total. The first-order valence-electron chi connectivity index (χ1n) is 9.50. The van der Waals surface area contributed by atoms with Gasteiger partial charge in [-0.3, -0.25) is 0 Å². The highest BCUT2D eigenvalue weighted by Crippen LogP contribution is 2.22. The first-order valence-corrected chi connectivity index (χ1v) is 16.4. The Morgan fingerprint density at radius 2 is 0.885 bits per heavy atom. The number of rotatable bonds is 8. The van der Waals surface area contributed by atoms with Crippen molar-refractivity contribution in [2.45, 2.75) is 39.3 Å². The molecule has 0 aliphatic rings. The van der Waals surface area contributed by atoms with Crippen molar-refractivity contribution in [2.24, 2.45) is 0 Å². The highest BCUT2D eigenvalue weighted by Gasteiger charge is 2.24. The van der Waals surface area contributed by atoms with E-state index in [4.69, 9.17) is 0 Å². The molecule has 0 heterocycles. The Kier molecular flexibility index (Phi) is 6.90. The molecular formula is C22H34N2Si2. The van der Waals surface area contributed by atoms with Gasteiger partial charge in [-0.2, -0.15) is 0 Å². The van der Waals surface area contributed by atoms with Crippen LogP contribution in [0.3, 0.4) is 0 Å². The molecule has 0 aromatic heterocycles. The van der Waals surface area contributed by atoms with E-state index in [1.807, 2.05) is 0 Å². The van der Waals surface area contributed by atoms with Crippen molar-refractivity contribution >= 4 is 27.8 Å². The number of benzene rings is 2. The Morgan fingerprint density at radius 1 is 0.577 bits per heavy atom. The lowest BCUT2D eigenvalue weighted by Crippen LogP contribution is -2.47. The first-order chi connectivity index (χ1) is 12.2. The summed E-state index contributed by atoms with van der Waals surface area (Å²) in [5.74, 6) is 0. The predicted molar refractivity (Wildman–Crippen MR) is 123 cm³/mol. The van der Waals surface area contributed by atoms with Gasteiger partial charge in [-0.25, -0.2) is 0 Å². The van der Waals surface area contributed by atoms with Crippen molar-refractivity contribution in [1.29, 1.82) is 0 Å². The van der Waals surface area contributed by atoms with Gasteiger partial charge in [0.25, 0.3) is 0 Å². The quantitative estimate of drug-likeness (QED) is 0.394. The molecule has 26 heavy (non-hydrogen) atoms. The normalized spacial score (nSPS) is 12.4. The second-order valence-corrected chi connectivity index (χ2v) is 18.5. The molecule has 0 saturated heterocycles. The zero-order chi connectivity index (χ0) is 19.2. The number of hydrogen-bond acceptors (Lipinski definition) is 2. The summed E-state index contributed by atoms with van der Waals surface area (Å²) in [7, 11) is -2.86. The van der Waals surface area contributed by atoms with Gasteiger partial charge in [0.1, 0.15) is 16.5 Å². The van der Waals surface area contributed by atoms with Crippen LogP contribution >= 0.6 is 0 Å². The smallest absolute Gasteiger partial charge is 0.147 e. The summed E-state index contributed by atoms with van der Waals surface area (Å²) in [5, 5.41) is 0. The Bertz CT molecular complexity index is 624. The molecule has 2 aromatic carbocycles. The molecule has 0 atom stereocenters. The summed E-state index contributed by atoms with van der Waals surface area (Å²) in [4.78, 5) is 0. The van der Waals surface area contributed by atoms with Crippen molar-refractivity contribution in [2.75, 3.05) is 22.2 Å². The lowest BCUT2D eigenvalue weighted by Gasteiger charge is -2.37. The van der Waals surface area contributed by atoms with E-state index >= 15 is 0 Å². The minimum absolute atomic E-state index is 0.980. The van der Waals surface area contributed by atoms with Crippen LogP contribution in [-0.2, 0) is 0 Å². The number of nitrogens with zero attached hydrogens (tertiary/aromatic N) is 2. The average molecular weight is 383 g/mol. The van der Waals surface area contributed by atoms with Crippen LogP contribution in [0.2, 0.25) is 39.3 Å². The van der Waals surface area contributed by atoms with Crippen LogP contribution in [0.15, 0.2) is 72.8 Å². The largest absolute Gasteiger partial charge is 0.395 e. The molecule has 0 fully saturated rings. The number of anilines is 2. The summed E-state index contributed by atoms with van der Waals surface area (Å²) in [6, 6.07) is 21.6. The highest BCUT2D eigenvalue weighted by molar-refractivity contribution is 6.80. The van der Waals surface area contributed by atoms with Gasteiger partial charge in [0.05, 0.1) is 0 Å². The molecule has 140 valence electrons. The molecule has 0 unspecified atom stereocenters. The molecule has 0 aliphatic heterocycles. The Labute approximate surface area is 162 Å². The summed E-state index contributed by atoms with van der Waals surface area (Å²) in [6.45, 7) is 16.4. The maximum absolute atomic E-state index is 2.59. The van der Waals surface area contributed by atoms with Gasteiger partial charge in [-0.05, 0) is 24.3 Å². The van der Waals surface area contributed by atoms with Crippen LogP contribution in [0.1, 0.15) is 0 Å². The van der Waals surface area contributed by atoms with E-state index in [1.54, 1.807) is 0 Å². The van der Waals surface area contributed by atoms with Crippen LogP contribution in [-0.4, -0.2) is 29.6 Å². The van der Waals surface area contributed by atoms with E-state index in [0.717, 1.165) is 13.1 Å². The third-order valence-electron chi connectivity index (χ3n) is 4.50. The van der Waals surface area contributed by atoms with Crippen molar-refractivity contribution in [1.82, 2.24) is 0 Å². The molecule has 0 saturated carbocycles. The van der Waals surface area contributed by atoms with Crippen LogP contribution in [0.4, 0.5) is 11.4 Å². The predicted octanol–water partition coefficient (Wildman–Crippen LogP) is 6.23. The maximum Gasteiger partial charge on any atom is 0.147 e. The van der Waals surface area contributed by atoms with E-state index in [-0.39, 0.29) is 0 Å². The second kappa shape index (κ2) is 8.73. The lowest BCUT2D eigenvalue weighted by molar-refractivity contribution is 1.09. The second-order valence-electron chi connectivity index (χ2n) is 8.71. The average Bonchev–Trinajstić information content (AvgIpc) is 2.57. The Balaban J connectivity index is 2.10. The Hall–Kier alpha value is -1.79. The van der Waals surface area contributed by atoms with Crippen molar-refractivity contribution < 1.29 is 0 Å². The standard InChI is InChI=1S/C22H34N2Si2/c1-25(2,3)23(21-15-9-7-10-16-21)19-13-14-20-24(26(4,5)6)22-17-11-8-12-18-22/h7-18H,19-20H2,1-6H3. The zero-order valence-electron chi connectivity index (χ0n) is 17.2. The fourth-order valence-corrected chi connectivity index (χ4v) is 6.26. The topological polar surface area (TPSA) is 6.48 Å². The number of para-hydroxylation sites is 2. The summed E-state index contributed by atoms with van der Waals surface area (Å²) >= 11 is 0. The van der Waals surface area contributed by atoms with E-state index < -0.39 is 16.5 Å². The molecule has 2 aromatic rings. The first kappa shape index (κ1) is 20.5.